The highest BCUT2D eigenvalue weighted by Gasteiger charge is 2.10. The van der Waals surface area contributed by atoms with Gasteiger partial charge in [0.2, 0.25) is 5.82 Å². The molecule has 0 aliphatic rings. The third-order valence-corrected chi connectivity index (χ3v) is 2.62. The quantitative estimate of drug-likeness (QED) is 0.943. The molecule has 0 bridgehead atoms. The van der Waals surface area contributed by atoms with Gasteiger partial charge < -0.3 is 9.84 Å². The molecule has 1 aromatic carbocycles. The van der Waals surface area contributed by atoms with Crippen LogP contribution in [-0.4, -0.2) is 16.2 Å². The van der Waals surface area contributed by atoms with Crippen molar-refractivity contribution in [3.05, 3.63) is 28.5 Å². The molecule has 4 nitrogen and oxygen atoms in total. The van der Waals surface area contributed by atoms with Crippen LogP contribution in [0.3, 0.4) is 0 Å². The zero-order valence-corrected chi connectivity index (χ0v) is 11.0. The van der Waals surface area contributed by atoms with Gasteiger partial charge in [-0.15, -0.1) is 0 Å². The molecule has 1 N–H and O–H groups in total. The van der Waals surface area contributed by atoms with Crippen molar-refractivity contribution in [1.82, 2.24) is 10.1 Å². The second-order valence-corrected chi connectivity index (χ2v) is 4.71. The second kappa shape index (κ2) is 4.83. The number of hydrogen-bond acceptors (Lipinski definition) is 4. The molecule has 1 heterocycles. The van der Waals surface area contributed by atoms with E-state index in [-0.39, 0.29) is 11.9 Å². The molecular weight excluding hydrogens is 289 g/mol. The summed E-state index contributed by atoms with van der Waals surface area (Å²) in [4.78, 5) is 4.16. The number of nitrogens with one attached hydrogen (secondary N) is 1. The number of anilines is 1. The normalized spacial score (nSPS) is 10.9. The summed E-state index contributed by atoms with van der Waals surface area (Å²) in [6, 6.07) is 5.13. The number of hydrogen-bond donors (Lipinski definition) is 1. The van der Waals surface area contributed by atoms with E-state index in [1.807, 2.05) is 13.8 Å². The summed E-state index contributed by atoms with van der Waals surface area (Å²) in [7, 11) is 0. The minimum atomic E-state index is -0.322. The van der Waals surface area contributed by atoms with E-state index in [0.29, 0.717) is 21.9 Å². The zero-order chi connectivity index (χ0) is 12.4. The Morgan fingerprint density at radius 3 is 2.82 bits per heavy atom. The molecule has 6 heteroatoms. The largest absolute Gasteiger partial charge is 0.336 e. The molecule has 0 amide bonds. The third-order valence-electron chi connectivity index (χ3n) is 2.02. The van der Waals surface area contributed by atoms with Crippen molar-refractivity contribution in [3.63, 3.8) is 0 Å². The van der Waals surface area contributed by atoms with E-state index in [1.165, 1.54) is 6.07 Å². The summed E-state index contributed by atoms with van der Waals surface area (Å²) in [6.45, 7) is 3.94. The molecular formula is C11H11BrFN3O. The van der Waals surface area contributed by atoms with Crippen molar-refractivity contribution < 1.29 is 8.91 Å². The number of rotatable bonds is 3. The number of nitrogens with zero attached hydrogens (tertiary/aromatic N) is 2. The minimum Gasteiger partial charge on any atom is -0.336 e. The van der Waals surface area contributed by atoms with E-state index in [9.17, 15) is 4.39 Å². The number of benzene rings is 1. The number of halogens is 2. The highest BCUT2D eigenvalue weighted by atomic mass is 79.9. The van der Waals surface area contributed by atoms with Crippen molar-refractivity contribution in [2.75, 3.05) is 5.32 Å². The maximum absolute atomic E-state index is 13.1. The summed E-state index contributed by atoms with van der Waals surface area (Å²) in [5, 5.41) is 6.81. The molecule has 0 unspecified atom stereocenters. The lowest BCUT2D eigenvalue weighted by molar-refractivity contribution is 0.429. The van der Waals surface area contributed by atoms with Crippen molar-refractivity contribution >= 4 is 21.9 Å². The highest BCUT2D eigenvalue weighted by molar-refractivity contribution is 9.10. The first-order valence-corrected chi connectivity index (χ1v) is 5.91. The molecule has 90 valence electrons. The van der Waals surface area contributed by atoms with Crippen LogP contribution in [0, 0.1) is 5.82 Å². The Balaban J connectivity index is 2.27. The van der Waals surface area contributed by atoms with Crippen LogP contribution in [0.1, 0.15) is 13.8 Å². The fraction of sp³-hybridized carbons (Fsp3) is 0.273. The fourth-order valence-electron chi connectivity index (χ4n) is 1.28. The van der Waals surface area contributed by atoms with Gasteiger partial charge in [0.05, 0.1) is 4.47 Å². The summed E-state index contributed by atoms with van der Waals surface area (Å²) in [5.41, 5.74) is 0.693. The second-order valence-electron chi connectivity index (χ2n) is 3.85. The van der Waals surface area contributed by atoms with Crippen LogP contribution in [0.15, 0.2) is 27.2 Å². The van der Waals surface area contributed by atoms with E-state index < -0.39 is 0 Å². The zero-order valence-electron chi connectivity index (χ0n) is 9.37. The van der Waals surface area contributed by atoms with Gasteiger partial charge in [-0.1, -0.05) is 5.16 Å². The Labute approximate surface area is 106 Å². The molecule has 0 saturated carbocycles. The third kappa shape index (κ3) is 2.82. The predicted molar refractivity (Wildman–Crippen MR) is 66.2 cm³/mol. The first-order chi connectivity index (χ1) is 8.06. The van der Waals surface area contributed by atoms with Crippen LogP contribution in [0.5, 0.6) is 0 Å². The Morgan fingerprint density at radius 2 is 2.18 bits per heavy atom. The Morgan fingerprint density at radius 1 is 1.41 bits per heavy atom. The van der Waals surface area contributed by atoms with Gasteiger partial charge in [0.15, 0.2) is 0 Å². The van der Waals surface area contributed by atoms with E-state index >= 15 is 0 Å². The van der Waals surface area contributed by atoms with Crippen molar-refractivity contribution in [2.24, 2.45) is 0 Å². The molecule has 17 heavy (non-hydrogen) atoms. The van der Waals surface area contributed by atoms with Crippen molar-refractivity contribution in [1.29, 1.82) is 0 Å². The predicted octanol–water partition coefficient (Wildman–Crippen LogP) is 3.46. The van der Waals surface area contributed by atoms with E-state index in [0.717, 1.165) is 0 Å². The van der Waals surface area contributed by atoms with Crippen LogP contribution < -0.4 is 5.32 Å². The van der Waals surface area contributed by atoms with Crippen LogP contribution in [0.2, 0.25) is 0 Å². The number of aromatic nitrogens is 2. The highest BCUT2D eigenvalue weighted by Crippen LogP contribution is 2.24. The first-order valence-electron chi connectivity index (χ1n) is 5.12. The van der Waals surface area contributed by atoms with Gasteiger partial charge >= 0.3 is 6.01 Å². The Hall–Kier alpha value is -1.43. The molecule has 0 atom stereocenters. The molecule has 2 aromatic rings. The fourth-order valence-corrected chi connectivity index (χ4v) is 1.66. The van der Waals surface area contributed by atoms with Gasteiger partial charge in [-0.2, -0.15) is 4.98 Å². The first kappa shape index (κ1) is 12.0. The molecule has 0 aliphatic carbocycles. The summed E-state index contributed by atoms with van der Waals surface area (Å²) in [5.74, 6) is 0.103. The van der Waals surface area contributed by atoms with Gasteiger partial charge in [-0.3, -0.25) is 0 Å². The summed E-state index contributed by atoms with van der Waals surface area (Å²) in [6.07, 6.45) is 0. The minimum absolute atomic E-state index is 0.211. The van der Waals surface area contributed by atoms with Gasteiger partial charge in [0, 0.05) is 11.6 Å². The molecule has 0 radical (unpaired) electrons. The lowest BCUT2D eigenvalue weighted by Crippen LogP contribution is -2.09. The summed E-state index contributed by atoms with van der Waals surface area (Å²) >= 11 is 3.11. The van der Waals surface area contributed by atoms with E-state index in [2.05, 4.69) is 31.4 Å². The van der Waals surface area contributed by atoms with E-state index in [4.69, 9.17) is 4.52 Å². The van der Waals surface area contributed by atoms with Crippen LogP contribution in [-0.2, 0) is 0 Å². The molecule has 0 spiro atoms. The summed E-state index contributed by atoms with van der Waals surface area (Å²) < 4.78 is 18.5. The van der Waals surface area contributed by atoms with Gasteiger partial charge in [-0.05, 0) is 48.0 Å². The van der Waals surface area contributed by atoms with Crippen LogP contribution in [0.25, 0.3) is 11.4 Å². The average molecular weight is 300 g/mol. The maximum Gasteiger partial charge on any atom is 0.321 e. The standard InChI is InChI=1S/C11H11BrFN3O/c1-6(2)14-11-15-10(16-17-11)7-3-4-9(13)8(12)5-7/h3-6H,1-2H3,(H,14,15,16). The van der Waals surface area contributed by atoms with E-state index in [1.54, 1.807) is 12.1 Å². The van der Waals surface area contributed by atoms with Gasteiger partial charge in [0.1, 0.15) is 5.82 Å². The molecule has 0 fully saturated rings. The SMILES string of the molecule is CC(C)Nc1nc(-c2ccc(F)c(Br)c2)no1. The lowest BCUT2D eigenvalue weighted by atomic mass is 10.2. The smallest absolute Gasteiger partial charge is 0.321 e. The topological polar surface area (TPSA) is 51.0 Å². The maximum atomic E-state index is 13.1. The Kier molecular flexibility index (Phi) is 3.42. The van der Waals surface area contributed by atoms with Crippen molar-refractivity contribution in [2.45, 2.75) is 19.9 Å². The van der Waals surface area contributed by atoms with Gasteiger partial charge in [0.25, 0.3) is 0 Å². The molecule has 1 aromatic heterocycles. The van der Waals surface area contributed by atoms with Crippen LogP contribution >= 0.6 is 15.9 Å². The van der Waals surface area contributed by atoms with Gasteiger partial charge in [-0.25, -0.2) is 4.39 Å². The lowest BCUT2D eigenvalue weighted by Gasteiger charge is -2.01. The molecule has 0 saturated heterocycles. The van der Waals surface area contributed by atoms with Crippen LogP contribution in [0.4, 0.5) is 10.4 Å². The molecule has 2 rings (SSSR count). The Bertz CT molecular complexity index is 527. The van der Waals surface area contributed by atoms with Crippen molar-refractivity contribution in [3.8, 4) is 11.4 Å². The molecule has 0 aliphatic heterocycles. The monoisotopic (exact) mass is 299 g/mol. The average Bonchev–Trinajstić information content (AvgIpc) is 2.69.